The van der Waals surface area contributed by atoms with Crippen LogP contribution in [-0.4, -0.2) is 91.4 Å². The lowest BCUT2D eigenvalue weighted by Crippen LogP contribution is -2.46. The summed E-state index contributed by atoms with van der Waals surface area (Å²) in [7, 11) is -9.73. The highest BCUT2D eigenvalue weighted by Gasteiger charge is 2.33. The third kappa shape index (κ3) is 12.9. The molecule has 1 aromatic carbocycles. The molecule has 17 heteroatoms. The van der Waals surface area contributed by atoms with E-state index < -0.39 is 79.0 Å². The lowest BCUT2D eigenvalue weighted by molar-refractivity contribution is -0.120. The van der Waals surface area contributed by atoms with Gasteiger partial charge in [-0.25, -0.2) is 4.79 Å². The first-order chi connectivity index (χ1) is 19.3. The van der Waals surface area contributed by atoms with Crippen molar-refractivity contribution in [1.82, 2.24) is 10.6 Å². The maximum atomic E-state index is 12.8. The standard InChI is InChI=1S/C25H38FN3O11S2/c1-25(2,3)40-24(33)29-18(23(27)32)6-4-5-14-28-15-12-20(42(37,38)39)22(31)17-9-7-16(8-10-17)21(30)19(11-13-26)41(34,35)36/h7-10,18-20,28H,4-6,11-15H2,1-3H3,(H2,27,32)(H,29,33)(H,34,35,36)(H,37,38,39)/t18-,19?,20?/m0/s1/i26-1. The fraction of sp³-hybridized carbons (Fsp3) is 0.600. The Morgan fingerprint density at radius 3 is 1.74 bits per heavy atom. The van der Waals surface area contributed by atoms with Crippen LogP contribution in [0.5, 0.6) is 0 Å². The van der Waals surface area contributed by atoms with Crippen molar-refractivity contribution in [3.63, 3.8) is 0 Å². The highest BCUT2D eigenvalue weighted by Crippen LogP contribution is 2.18. The average molecular weight is 639 g/mol. The molecule has 1 aromatic rings. The number of unbranched alkanes of at least 4 members (excludes halogenated alkanes) is 1. The first-order valence-electron chi connectivity index (χ1n) is 12.9. The fourth-order valence-electron chi connectivity index (χ4n) is 3.79. The van der Waals surface area contributed by atoms with E-state index in [4.69, 9.17) is 10.5 Å². The molecule has 0 saturated heterocycles. The Kier molecular flexibility index (Phi) is 14.1. The fourth-order valence-corrected chi connectivity index (χ4v) is 5.41. The Morgan fingerprint density at radius 1 is 0.857 bits per heavy atom. The summed E-state index contributed by atoms with van der Waals surface area (Å²) in [5.41, 5.74) is 4.11. The van der Waals surface area contributed by atoms with Crippen molar-refractivity contribution >= 4 is 43.8 Å². The van der Waals surface area contributed by atoms with E-state index >= 15 is 0 Å². The Balaban J connectivity index is 2.69. The molecule has 6 N–H and O–H groups in total. The lowest BCUT2D eigenvalue weighted by Gasteiger charge is -2.22. The van der Waals surface area contributed by atoms with Crippen LogP contribution >= 0.6 is 0 Å². The normalized spacial score (nSPS) is 14.4. The number of carbonyl (C=O) groups is 4. The molecule has 0 aromatic heterocycles. The number of alkyl halides is 1. The van der Waals surface area contributed by atoms with Gasteiger partial charge in [0.25, 0.3) is 20.2 Å². The topological polar surface area (TPSA) is 236 Å². The predicted octanol–water partition coefficient (Wildman–Crippen LogP) is 1.45. The molecule has 0 heterocycles. The van der Waals surface area contributed by atoms with E-state index in [1.807, 2.05) is 0 Å². The molecule has 0 bridgehead atoms. The van der Waals surface area contributed by atoms with E-state index in [9.17, 15) is 49.5 Å². The summed E-state index contributed by atoms with van der Waals surface area (Å²) in [4.78, 5) is 48.7. The first-order valence-corrected chi connectivity index (χ1v) is 15.9. The number of primary amides is 1. The van der Waals surface area contributed by atoms with Crippen LogP contribution in [0.1, 0.15) is 73.6 Å². The number of amides is 2. The summed E-state index contributed by atoms with van der Waals surface area (Å²) >= 11 is 0. The molecule has 2 unspecified atom stereocenters. The van der Waals surface area contributed by atoms with Crippen LogP contribution in [0.15, 0.2) is 24.3 Å². The maximum Gasteiger partial charge on any atom is 0.408 e. The summed E-state index contributed by atoms with van der Waals surface area (Å²) < 4.78 is 83.2. The van der Waals surface area contributed by atoms with E-state index in [1.165, 1.54) is 0 Å². The van der Waals surface area contributed by atoms with Crippen LogP contribution in [0.3, 0.4) is 0 Å². The molecule has 1 rings (SSSR count). The van der Waals surface area contributed by atoms with Gasteiger partial charge in [-0.2, -0.15) is 16.8 Å². The molecule has 0 spiro atoms. The minimum Gasteiger partial charge on any atom is -0.444 e. The zero-order valence-corrected chi connectivity index (χ0v) is 25.2. The largest absolute Gasteiger partial charge is 0.444 e. The number of alkyl carbamates (subject to hydrolysis) is 1. The van der Waals surface area contributed by atoms with Gasteiger partial charge in [-0.1, -0.05) is 24.3 Å². The summed E-state index contributed by atoms with van der Waals surface area (Å²) in [6.45, 7) is 4.15. The SMILES string of the molecule is CC(C)(C)OC(=O)N[C@@H](CCCCNCCC(C(=O)c1ccc(C(=O)C(CC[18F])S(=O)(=O)O)cc1)S(=O)(=O)O)C(N)=O. The molecule has 0 radical (unpaired) electrons. The minimum atomic E-state index is -4.89. The number of hydrogen-bond acceptors (Lipinski definition) is 10. The van der Waals surface area contributed by atoms with Crippen LogP contribution in [0, 0.1) is 0 Å². The van der Waals surface area contributed by atoms with Crippen LogP contribution < -0.4 is 16.4 Å². The molecule has 0 aliphatic carbocycles. The molecule has 0 fully saturated rings. The van der Waals surface area contributed by atoms with Gasteiger partial charge in [0.15, 0.2) is 22.1 Å². The second-order valence-electron chi connectivity index (χ2n) is 10.4. The van der Waals surface area contributed by atoms with Crippen molar-refractivity contribution in [2.24, 2.45) is 5.73 Å². The number of rotatable bonds is 18. The zero-order valence-electron chi connectivity index (χ0n) is 23.5. The highest BCUT2D eigenvalue weighted by molar-refractivity contribution is 7.87. The summed E-state index contributed by atoms with van der Waals surface area (Å²) in [6, 6.07) is 3.21. The first kappa shape index (κ1) is 37.0. The van der Waals surface area contributed by atoms with Crippen LogP contribution in [-0.2, 0) is 29.8 Å². The summed E-state index contributed by atoms with van der Waals surface area (Å²) in [6.07, 6.45) is -0.710. The number of ether oxygens (including phenoxy) is 1. The molecule has 42 heavy (non-hydrogen) atoms. The number of carbonyl (C=O) groups excluding carboxylic acids is 4. The molecule has 0 aliphatic rings. The van der Waals surface area contributed by atoms with Crippen LogP contribution in [0.25, 0.3) is 0 Å². The van der Waals surface area contributed by atoms with Gasteiger partial charge in [0, 0.05) is 17.5 Å². The molecule has 0 aliphatic heterocycles. The van der Waals surface area contributed by atoms with Crippen molar-refractivity contribution in [3.05, 3.63) is 35.4 Å². The van der Waals surface area contributed by atoms with Gasteiger partial charge in [-0.3, -0.25) is 27.9 Å². The van der Waals surface area contributed by atoms with Crippen LogP contribution in [0.4, 0.5) is 9.18 Å². The second kappa shape index (κ2) is 16.0. The number of benzene rings is 1. The quantitative estimate of drug-likeness (QED) is 0.0873. The zero-order chi connectivity index (χ0) is 32.3. The maximum absolute atomic E-state index is 12.8. The van der Waals surface area contributed by atoms with E-state index in [-0.39, 0.29) is 30.5 Å². The van der Waals surface area contributed by atoms with Gasteiger partial charge >= 0.3 is 6.09 Å². The Labute approximate surface area is 244 Å². The summed E-state index contributed by atoms with van der Waals surface area (Å²) in [5.74, 6) is -2.82. The Morgan fingerprint density at radius 2 is 1.33 bits per heavy atom. The number of hydrogen-bond donors (Lipinski definition) is 5. The van der Waals surface area contributed by atoms with Gasteiger partial charge < -0.3 is 21.1 Å². The van der Waals surface area contributed by atoms with Crippen molar-refractivity contribution in [2.75, 3.05) is 19.8 Å². The third-order valence-electron chi connectivity index (χ3n) is 5.84. The predicted molar refractivity (Wildman–Crippen MR) is 150 cm³/mol. The minimum absolute atomic E-state index is 0.00143. The van der Waals surface area contributed by atoms with E-state index in [0.717, 1.165) is 24.3 Å². The van der Waals surface area contributed by atoms with E-state index in [1.54, 1.807) is 20.8 Å². The second-order valence-corrected chi connectivity index (χ2v) is 13.6. The lowest BCUT2D eigenvalue weighted by atomic mass is 10.0. The number of halogens is 1. The van der Waals surface area contributed by atoms with Crippen molar-refractivity contribution in [3.8, 4) is 0 Å². The van der Waals surface area contributed by atoms with Crippen molar-refractivity contribution in [1.29, 1.82) is 0 Å². The van der Waals surface area contributed by atoms with Gasteiger partial charge in [-0.05, 0) is 59.5 Å². The Hall–Kier alpha value is -2.99. The van der Waals surface area contributed by atoms with Crippen molar-refractivity contribution < 1.29 is 54.2 Å². The van der Waals surface area contributed by atoms with Gasteiger partial charge in [-0.15, -0.1) is 0 Å². The van der Waals surface area contributed by atoms with Gasteiger partial charge in [0.05, 0.1) is 6.67 Å². The smallest absolute Gasteiger partial charge is 0.408 e. The van der Waals surface area contributed by atoms with Crippen LogP contribution in [0.2, 0.25) is 0 Å². The number of Topliss-reactive ketones (excluding diaryl/α,β-unsaturated/α-hetero) is 2. The molecule has 3 atom stereocenters. The van der Waals surface area contributed by atoms with Gasteiger partial charge in [0.1, 0.15) is 11.6 Å². The molecular formula is C25H38FN3O11S2. The van der Waals surface area contributed by atoms with E-state index in [0.29, 0.717) is 19.4 Å². The monoisotopic (exact) mass is 638 g/mol. The third-order valence-corrected chi connectivity index (χ3v) is 8.18. The van der Waals surface area contributed by atoms with E-state index in [2.05, 4.69) is 10.6 Å². The number of ketones is 2. The summed E-state index contributed by atoms with van der Waals surface area (Å²) in [5, 5.41) is 1.44. The number of nitrogens with one attached hydrogen (secondary N) is 2. The molecule has 238 valence electrons. The molecular weight excluding hydrogens is 600 g/mol. The molecule has 14 nitrogen and oxygen atoms in total. The molecule has 0 saturated carbocycles. The Bertz CT molecular complexity index is 1310. The molecule has 2 amide bonds. The number of nitrogens with two attached hydrogens (primary N) is 1. The highest BCUT2D eigenvalue weighted by atomic mass is 32.2. The van der Waals surface area contributed by atoms with Gasteiger partial charge in [0.2, 0.25) is 5.91 Å². The van der Waals surface area contributed by atoms with Crippen molar-refractivity contribution in [2.45, 2.75) is 75.0 Å². The average Bonchev–Trinajstić information content (AvgIpc) is 2.84.